The number of carbonyl (C=O) groups excluding carboxylic acids is 3. The Labute approximate surface area is 164 Å². The van der Waals surface area contributed by atoms with E-state index in [1.165, 1.54) is 11.9 Å². The van der Waals surface area contributed by atoms with Crippen molar-refractivity contribution < 1.29 is 14.4 Å². The number of hydrazone groups is 1. The molecule has 0 spiro atoms. The number of rotatable bonds is 3. The molecule has 2 heterocycles. The van der Waals surface area contributed by atoms with Gasteiger partial charge in [0.2, 0.25) is 5.91 Å². The van der Waals surface area contributed by atoms with Gasteiger partial charge in [-0.15, -0.1) is 0 Å². The number of hydrogen-bond donors (Lipinski definition) is 0. The van der Waals surface area contributed by atoms with E-state index in [9.17, 15) is 14.4 Å². The number of Topliss-reactive ketones (excluding diaryl/α,β-unsaturated/α-hetero) is 1. The standard InChI is InChI=1S/C20H16BrN3O3/c1-11-5-3-4-6-15(11)24-18-16(17(22-24)12(2)25)19(26)23(20(18)27)14-9-7-13(21)8-10-14/h3-10,16,18H,1-2H3/t16-,18+/m1/s1. The molecule has 0 bridgehead atoms. The van der Waals surface area contributed by atoms with Gasteiger partial charge in [-0.1, -0.05) is 34.1 Å². The Morgan fingerprint density at radius 3 is 2.33 bits per heavy atom. The lowest BCUT2D eigenvalue weighted by atomic mass is 9.95. The van der Waals surface area contributed by atoms with Crippen molar-refractivity contribution in [3.8, 4) is 0 Å². The lowest BCUT2D eigenvalue weighted by molar-refractivity contribution is -0.122. The minimum atomic E-state index is -0.891. The van der Waals surface area contributed by atoms with Crippen LogP contribution in [0.5, 0.6) is 0 Å². The summed E-state index contributed by atoms with van der Waals surface area (Å²) in [5, 5.41) is 5.89. The minimum absolute atomic E-state index is 0.126. The second-order valence-electron chi connectivity index (χ2n) is 6.58. The van der Waals surface area contributed by atoms with Gasteiger partial charge in [-0.2, -0.15) is 5.10 Å². The highest BCUT2D eigenvalue weighted by atomic mass is 79.9. The lowest BCUT2D eigenvalue weighted by Gasteiger charge is -2.23. The summed E-state index contributed by atoms with van der Waals surface area (Å²) in [6.07, 6.45) is 0. The smallest absolute Gasteiger partial charge is 0.259 e. The lowest BCUT2D eigenvalue weighted by Crippen LogP contribution is -2.39. The third-order valence-electron chi connectivity index (χ3n) is 4.86. The van der Waals surface area contributed by atoms with E-state index in [0.29, 0.717) is 11.4 Å². The number of imide groups is 1. The molecule has 0 aliphatic carbocycles. The van der Waals surface area contributed by atoms with Gasteiger partial charge >= 0.3 is 0 Å². The number of ketones is 1. The van der Waals surface area contributed by atoms with Crippen LogP contribution < -0.4 is 9.91 Å². The zero-order valence-electron chi connectivity index (χ0n) is 14.7. The molecule has 0 saturated carbocycles. The molecular formula is C20H16BrN3O3. The molecule has 2 aliphatic heterocycles. The maximum atomic E-state index is 13.2. The van der Waals surface area contributed by atoms with E-state index in [0.717, 1.165) is 14.9 Å². The summed E-state index contributed by atoms with van der Waals surface area (Å²) < 4.78 is 0.845. The number of carbonyl (C=O) groups is 3. The zero-order chi connectivity index (χ0) is 19.3. The molecule has 136 valence electrons. The number of halogens is 1. The Morgan fingerprint density at radius 1 is 1.04 bits per heavy atom. The van der Waals surface area contributed by atoms with Crippen LogP contribution in [0.25, 0.3) is 0 Å². The maximum absolute atomic E-state index is 13.2. The SMILES string of the molecule is CC(=O)C1=NN(c2ccccc2C)[C@@H]2C(=O)N(c3ccc(Br)cc3)C(=O)[C@H]12. The van der Waals surface area contributed by atoms with Gasteiger partial charge < -0.3 is 0 Å². The summed E-state index contributed by atoms with van der Waals surface area (Å²) >= 11 is 3.35. The molecule has 1 saturated heterocycles. The van der Waals surface area contributed by atoms with Crippen LogP contribution in [0, 0.1) is 12.8 Å². The topological polar surface area (TPSA) is 70.1 Å². The number of para-hydroxylation sites is 1. The molecule has 1 fully saturated rings. The molecule has 6 nitrogen and oxygen atoms in total. The van der Waals surface area contributed by atoms with Crippen molar-refractivity contribution >= 4 is 50.6 Å². The normalized spacial score (nSPS) is 21.5. The van der Waals surface area contributed by atoms with Crippen LogP contribution in [0.1, 0.15) is 12.5 Å². The Kier molecular flexibility index (Phi) is 4.19. The molecule has 0 radical (unpaired) electrons. The van der Waals surface area contributed by atoms with Crippen molar-refractivity contribution in [1.29, 1.82) is 0 Å². The fraction of sp³-hybridized carbons (Fsp3) is 0.200. The molecule has 2 aromatic carbocycles. The van der Waals surface area contributed by atoms with Crippen molar-refractivity contribution in [3.05, 3.63) is 58.6 Å². The van der Waals surface area contributed by atoms with E-state index in [1.807, 2.05) is 31.2 Å². The number of fused-ring (bicyclic) bond motifs is 1. The Hall–Kier alpha value is -2.80. The maximum Gasteiger partial charge on any atom is 0.259 e. The molecule has 0 unspecified atom stereocenters. The molecule has 2 aromatic rings. The van der Waals surface area contributed by atoms with Gasteiger partial charge in [-0.05, 0) is 42.8 Å². The van der Waals surface area contributed by atoms with Crippen molar-refractivity contribution in [1.82, 2.24) is 0 Å². The predicted octanol–water partition coefficient (Wildman–Crippen LogP) is 3.08. The molecule has 27 heavy (non-hydrogen) atoms. The molecule has 0 aromatic heterocycles. The quantitative estimate of drug-likeness (QED) is 0.708. The van der Waals surface area contributed by atoms with Crippen LogP contribution in [0.3, 0.4) is 0 Å². The van der Waals surface area contributed by atoms with Gasteiger partial charge in [0.25, 0.3) is 5.91 Å². The summed E-state index contributed by atoms with van der Waals surface area (Å²) in [6, 6.07) is 13.5. The highest BCUT2D eigenvalue weighted by molar-refractivity contribution is 9.10. The van der Waals surface area contributed by atoms with Crippen LogP contribution in [-0.2, 0) is 14.4 Å². The molecule has 2 aliphatic rings. The van der Waals surface area contributed by atoms with Crippen molar-refractivity contribution in [2.75, 3.05) is 9.91 Å². The van der Waals surface area contributed by atoms with Gasteiger partial charge in [0, 0.05) is 11.4 Å². The van der Waals surface area contributed by atoms with E-state index in [2.05, 4.69) is 21.0 Å². The summed E-state index contributed by atoms with van der Waals surface area (Å²) in [7, 11) is 0. The predicted molar refractivity (Wildman–Crippen MR) is 106 cm³/mol. The number of anilines is 2. The van der Waals surface area contributed by atoms with E-state index in [-0.39, 0.29) is 17.4 Å². The Balaban J connectivity index is 1.82. The molecule has 4 rings (SSSR count). The average Bonchev–Trinajstić information content (AvgIpc) is 3.14. The second-order valence-corrected chi connectivity index (χ2v) is 7.50. The van der Waals surface area contributed by atoms with Crippen molar-refractivity contribution in [2.45, 2.75) is 19.9 Å². The zero-order valence-corrected chi connectivity index (χ0v) is 16.3. The number of benzene rings is 2. The van der Waals surface area contributed by atoms with Crippen molar-refractivity contribution in [2.24, 2.45) is 11.0 Å². The largest absolute Gasteiger partial charge is 0.293 e. The van der Waals surface area contributed by atoms with Crippen LogP contribution in [0.4, 0.5) is 11.4 Å². The van der Waals surface area contributed by atoms with E-state index >= 15 is 0 Å². The molecular weight excluding hydrogens is 410 g/mol. The first-order chi connectivity index (χ1) is 12.9. The molecule has 2 atom stereocenters. The first-order valence-electron chi connectivity index (χ1n) is 8.48. The first kappa shape index (κ1) is 17.6. The van der Waals surface area contributed by atoms with Crippen LogP contribution in [0.15, 0.2) is 58.1 Å². The van der Waals surface area contributed by atoms with Crippen LogP contribution in [-0.4, -0.2) is 29.4 Å². The van der Waals surface area contributed by atoms with Gasteiger partial charge in [-0.25, -0.2) is 4.90 Å². The third kappa shape index (κ3) is 2.70. The highest BCUT2D eigenvalue weighted by Gasteiger charge is 2.58. The highest BCUT2D eigenvalue weighted by Crippen LogP contribution is 2.39. The van der Waals surface area contributed by atoms with E-state index in [4.69, 9.17) is 0 Å². The Bertz CT molecular complexity index is 1000. The monoisotopic (exact) mass is 425 g/mol. The fourth-order valence-electron chi connectivity index (χ4n) is 3.57. The first-order valence-corrected chi connectivity index (χ1v) is 9.27. The average molecular weight is 426 g/mol. The van der Waals surface area contributed by atoms with Crippen LogP contribution >= 0.6 is 15.9 Å². The minimum Gasteiger partial charge on any atom is -0.293 e. The summed E-state index contributed by atoms with van der Waals surface area (Å²) in [6.45, 7) is 3.27. The Morgan fingerprint density at radius 2 is 1.70 bits per heavy atom. The van der Waals surface area contributed by atoms with Gasteiger partial charge in [0.05, 0.1) is 11.4 Å². The number of hydrogen-bond acceptors (Lipinski definition) is 5. The van der Waals surface area contributed by atoms with Crippen LogP contribution in [0.2, 0.25) is 0 Å². The summed E-state index contributed by atoms with van der Waals surface area (Å²) in [5.74, 6) is -1.99. The number of amides is 2. The van der Waals surface area contributed by atoms with E-state index in [1.54, 1.807) is 24.3 Å². The van der Waals surface area contributed by atoms with Crippen molar-refractivity contribution in [3.63, 3.8) is 0 Å². The third-order valence-corrected chi connectivity index (χ3v) is 5.39. The number of aryl methyl sites for hydroxylation is 1. The molecule has 0 N–H and O–H groups in total. The summed E-state index contributed by atoms with van der Waals surface area (Å²) in [5.41, 5.74) is 2.23. The van der Waals surface area contributed by atoms with Gasteiger partial charge in [0.15, 0.2) is 5.78 Å². The number of nitrogens with zero attached hydrogens (tertiary/aromatic N) is 3. The molecule has 7 heteroatoms. The van der Waals surface area contributed by atoms with Gasteiger partial charge in [0.1, 0.15) is 17.7 Å². The second kappa shape index (κ2) is 6.42. The van der Waals surface area contributed by atoms with E-state index < -0.39 is 17.9 Å². The fourth-order valence-corrected chi connectivity index (χ4v) is 3.83. The summed E-state index contributed by atoms with van der Waals surface area (Å²) in [4.78, 5) is 39.6. The van der Waals surface area contributed by atoms with Gasteiger partial charge in [-0.3, -0.25) is 19.4 Å². The molecule has 2 amide bonds.